The van der Waals surface area contributed by atoms with Gasteiger partial charge in [-0.3, -0.25) is 9.69 Å². The maximum Gasteiger partial charge on any atom is 0.222 e. The van der Waals surface area contributed by atoms with Crippen molar-refractivity contribution in [2.75, 3.05) is 45.8 Å². The van der Waals surface area contributed by atoms with Gasteiger partial charge in [0.05, 0.1) is 0 Å². The molecule has 0 unspecified atom stereocenters. The van der Waals surface area contributed by atoms with E-state index in [2.05, 4.69) is 35.5 Å². The molecule has 0 spiro atoms. The normalized spacial score (nSPS) is 23.0. The van der Waals surface area contributed by atoms with E-state index in [1.165, 1.54) is 25.9 Å². The Morgan fingerprint density at radius 3 is 2.26 bits per heavy atom. The van der Waals surface area contributed by atoms with Gasteiger partial charge in [-0.25, -0.2) is 0 Å². The van der Waals surface area contributed by atoms with Gasteiger partial charge in [0.15, 0.2) is 0 Å². The zero-order valence-electron chi connectivity index (χ0n) is 16.2. The Morgan fingerprint density at radius 1 is 1.09 bits per heavy atom. The van der Waals surface area contributed by atoms with Crippen LogP contribution in [0.4, 0.5) is 0 Å². The Balaban J connectivity index is 0.00000127. The van der Waals surface area contributed by atoms with E-state index in [9.17, 15) is 4.79 Å². The van der Waals surface area contributed by atoms with Gasteiger partial charge in [0.1, 0.15) is 0 Å². The highest BCUT2D eigenvalue weighted by Gasteiger charge is 2.23. The van der Waals surface area contributed by atoms with E-state index in [1.807, 2.05) is 13.8 Å². The summed E-state index contributed by atoms with van der Waals surface area (Å²) in [6, 6.07) is 0.601. The Labute approximate surface area is 144 Å². The SMILES string of the molecule is CC.CC[C@H]1CCN(CCCC(=O)N2CCN(C(C)C)CC2)C1. The summed E-state index contributed by atoms with van der Waals surface area (Å²) in [6.45, 7) is 18.2. The average Bonchev–Trinajstić information content (AvgIpc) is 3.04. The van der Waals surface area contributed by atoms with Crippen LogP contribution in [0.1, 0.15) is 60.3 Å². The fourth-order valence-corrected chi connectivity index (χ4v) is 3.55. The Morgan fingerprint density at radius 2 is 1.74 bits per heavy atom. The van der Waals surface area contributed by atoms with E-state index >= 15 is 0 Å². The van der Waals surface area contributed by atoms with Crippen LogP contribution in [0.3, 0.4) is 0 Å². The third-order valence-electron chi connectivity index (χ3n) is 5.21. The van der Waals surface area contributed by atoms with E-state index in [0.29, 0.717) is 11.9 Å². The van der Waals surface area contributed by atoms with E-state index in [0.717, 1.165) is 51.5 Å². The molecule has 0 N–H and O–H groups in total. The van der Waals surface area contributed by atoms with Gasteiger partial charge in [-0.05, 0) is 45.7 Å². The highest BCUT2D eigenvalue weighted by Crippen LogP contribution is 2.19. The highest BCUT2D eigenvalue weighted by atomic mass is 16.2. The van der Waals surface area contributed by atoms with Crippen molar-refractivity contribution in [3.63, 3.8) is 0 Å². The summed E-state index contributed by atoms with van der Waals surface area (Å²) < 4.78 is 0. The first kappa shape index (κ1) is 20.4. The smallest absolute Gasteiger partial charge is 0.222 e. The minimum atomic E-state index is 0.365. The lowest BCUT2D eigenvalue weighted by Gasteiger charge is -2.37. The first-order valence-corrected chi connectivity index (χ1v) is 9.84. The molecular formula is C19H39N3O. The molecule has 2 saturated heterocycles. The van der Waals surface area contributed by atoms with Crippen molar-refractivity contribution < 1.29 is 4.79 Å². The summed E-state index contributed by atoms with van der Waals surface area (Å²) >= 11 is 0. The molecule has 0 bridgehead atoms. The van der Waals surface area contributed by atoms with Crippen molar-refractivity contribution >= 4 is 5.91 Å². The van der Waals surface area contributed by atoms with E-state index in [4.69, 9.17) is 0 Å². The second-order valence-electron chi connectivity index (χ2n) is 6.98. The highest BCUT2D eigenvalue weighted by molar-refractivity contribution is 5.76. The molecule has 0 aliphatic carbocycles. The van der Waals surface area contributed by atoms with Crippen molar-refractivity contribution in [2.45, 2.75) is 66.3 Å². The van der Waals surface area contributed by atoms with Crippen LogP contribution in [0, 0.1) is 5.92 Å². The molecule has 1 amide bonds. The Kier molecular flexibility index (Phi) is 9.80. The molecule has 2 fully saturated rings. The van der Waals surface area contributed by atoms with Crippen LogP contribution >= 0.6 is 0 Å². The standard InChI is InChI=1S/C17H33N3O.C2H6/c1-4-16-7-9-18(14-16)8-5-6-17(21)20-12-10-19(11-13-20)15(2)3;1-2/h15-16H,4-14H2,1-3H3;1-2H3/t16-;/m0./s1. The van der Waals surface area contributed by atoms with Gasteiger partial charge >= 0.3 is 0 Å². The quantitative estimate of drug-likeness (QED) is 0.751. The first-order valence-electron chi connectivity index (χ1n) is 9.84. The molecule has 0 radical (unpaired) electrons. The zero-order valence-corrected chi connectivity index (χ0v) is 16.2. The number of nitrogens with zero attached hydrogens (tertiary/aromatic N) is 3. The number of amides is 1. The molecule has 2 heterocycles. The van der Waals surface area contributed by atoms with Crippen molar-refractivity contribution in [1.82, 2.24) is 14.7 Å². The number of hydrogen-bond donors (Lipinski definition) is 0. The van der Waals surface area contributed by atoms with E-state index < -0.39 is 0 Å². The fourth-order valence-electron chi connectivity index (χ4n) is 3.55. The van der Waals surface area contributed by atoms with Gasteiger partial charge < -0.3 is 9.80 Å². The molecule has 2 aliphatic heterocycles. The molecule has 0 saturated carbocycles. The number of likely N-dealkylation sites (tertiary alicyclic amines) is 1. The lowest BCUT2D eigenvalue weighted by Crippen LogP contribution is -2.50. The number of rotatable bonds is 6. The minimum Gasteiger partial charge on any atom is -0.340 e. The number of carbonyl (C=O) groups excluding carboxylic acids is 1. The zero-order chi connectivity index (χ0) is 17.2. The third-order valence-corrected chi connectivity index (χ3v) is 5.21. The van der Waals surface area contributed by atoms with Crippen LogP contribution in [0.25, 0.3) is 0 Å². The predicted molar refractivity (Wildman–Crippen MR) is 98.7 cm³/mol. The third kappa shape index (κ3) is 6.80. The maximum atomic E-state index is 12.3. The minimum absolute atomic E-state index is 0.365. The van der Waals surface area contributed by atoms with Crippen LogP contribution in [0.15, 0.2) is 0 Å². The second-order valence-corrected chi connectivity index (χ2v) is 6.98. The summed E-state index contributed by atoms with van der Waals surface area (Å²) in [5, 5.41) is 0. The van der Waals surface area contributed by atoms with Crippen LogP contribution < -0.4 is 0 Å². The van der Waals surface area contributed by atoms with Gasteiger partial charge in [0.25, 0.3) is 0 Å². The monoisotopic (exact) mass is 325 g/mol. The average molecular weight is 326 g/mol. The molecule has 1 atom stereocenters. The largest absolute Gasteiger partial charge is 0.340 e. The molecule has 23 heavy (non-hydrogen) atoms. The van der Waals surface area contributed by atoms with Crippen molar-refractivity contribution in [3.8, 4) is 0 Å². The van der Waals surface area contributed by atoms with Crippen LogP contribution in [0.5, 0.6) is 0 Å². The van der Waals surface area contributed by atoms with E-state index in [-0.39, 0.29) is 0 Å². The summed E-state index contributed by atoms with van der Waals surface area (Å²) in [7, 11) is 0. The summed E-state index contributed by atoms with van der Waals surface area (Å²) in [4.78, 5) is 19.3. The molecule has 4 heteroatoms. The number of carbonyl (C=O) groups is 1. The van der Waals surface area contributed by atoms with Crippen molar-refractivity contribution in [1.29, 1.82) is 0 Å². The fraction of sp³-hybridized carbons (Fsp3) is 0.947. The molecular weight excluding hydrogens is 286 g/mol. The topological polar surface area (TPSA) is 26.8 Å². The van der Waals surface area contributed by atoms with Gasteiger partial charge in [-0.1, -0.05) is 27.2 Å². The molecule has 0 aromatic carbocycles. The van der Waals surface area contributed by atoms with Crippen molar-refractivity contribution in [3.05, 3.63) is 0 Å². The molecule has 2 aliphatic rings. The number of hydrogen-bond acceptors (Lipinski definition) is 3. The lowest BCUT2D eigenvalue weighted by molar-refractivity contribution is -0.133. The van der Waals surface area contributed by atoms with Crippen LogP contribution in [-0.4, -0.2) is 72.5 Å². The maximum absolute atomic E-state index is 12.3. The van der Waals surface area contributed by atoms with Gasteiger partial charge in [-0.2, -0.15) is 0 Å². The van der Waals surface area contributed by atoms with Crippen molar-refractivity contribution in [2.24, 2.45) is 5.92 Å². The van der Waals surface area contributed by atoms with E-state index in [1.54, 1.807) is 0 Å². The molecule has 0 aromatic heterocycles. The predicted octanol–water partition coefficient (Wildman–Crippen LogP) is 3.08. The van der Waals surface area contributed by atoms with Gasteiger partial charge in [0, 0.05) is 45.2 Å². The molecule has 136 valence electrons. The first-order chi connectivity index (χ1) is 11.1. The Bertz CT molecular complexity index is 325. The molecule has 0 aromatic rings. The van der Waals surface area contributed by atoms with Crippen LogP contribution in [-0.2, 0) is 4.79 Å². The van der Waals surface area contributed by atoms with Gasteiger partial charge in [0.2, 0.25) is 5.91 Å². The summed E-state index contributed by atoms with van der Waals surface area (Å²) in [5.74, 6) is 1.26. The second kappa shape index (κ2) is 11.0. The summed E-state index contributed by atoms with van der Waals surface area (Å²) in [6.07, 6.45) is 4.41. The molecule has 2 rings (SSSR count). The lowest BCUT2D eigenvalue weighted by atomic mass is 10.1. The van der Waals surface area contributed by atoms with Gasteiger partial charge in [-0.15, -0.1) is 0 Å². The number of piperazine rings is 1. The van der Waals surface area contributed by atoms with Crippen LogP contribution in [0.2, 0.25) is 0 Å². The molecule has 4 nitrogen and oxygen atoms in total. The Hall–Kier alpha value is -0.610. The summed E-state index contributed by atoms with van der Waals surface area (Å²) in [5.41, 5.74) is 0.